The zero-order valence-electron chi connectivity index (χ0n) is 22.6. The standard InChI is InChI=1S/C28H34N6O5/c1-18(16-38-3)9-21-11-25(30-13-23(21)12-29)32-28(37)34-7-4-5-19-10-22(24(15-35)31-26(19)34)14-33(2)27(36)20-6-8-39-17-20/h10-11,13,15,18,20H,4-9,14,16-17H2,1-3H3,(H,30,32,37)/t18-,20+/m0/s1. The molecule has 206 valence electrons. The van der Waals surface area contributed by atoms with E-state index in [4.69, 9.17) is 9.47 Å². The number of amides is 3. The van der Waals surface area contributed by atoms with E-state index in [0.29, 0.717) is 74.7 Å². The summed E-state index contributed by atoms with van der Waals surface area (Å²) in [7, 11) is 3.34. The van der Waals surface area contributed by atoms with Crippen LogP contribution < -0.4 is 10.2 Å². The van der Waals surface area contributed by atoms with Gasteiger partial charge in [0, 0.05) is 52.2 Å². The third kappa shape index (κ3) is 6.58. The number of anilines is 2. The molecule has 1 fully saturated rings. The minimum atomic E-state index is -0.422. The molecule has 0 aromatic carbocycles. The average Bonchev–Trinajstić information content (AvgIpc) is 3.47. The van der Waals surface area contributed by atoms with Crippen LogP contribution in [0, 0.1) is 23.2 Å². The molecular formula is C28H34N6O5. The van der Waals surface area contributed by atoms with E-state index in [1.54, 1.807) is 25.1 Å². The molecule has 4 rings (SSSR count). The van der Waals surface area contributed by atoms with Gasteiger partial charge in [-0.1, -0.05) is 6.92 Å². The predicted molar refractivity (Wildman–Crippen MR) is 143 cm³/mol. The average molecular weight is 535 g/mol. The number of rotatable bonds is 9. The van der Waals surface area contributed by atoms with Crippen LogP contribution in [0.4, 0.5) is 16.4 Å². The Morgan fingerprint density at radius 3 is 2.90 bits per heavy atom. The zero-order chi connectivity index (χ0) is 27.9. The van der Waals surface area contributed by atoms with Crippen molar-refractivity contribution in [3.8, 4) is 6.07 Å². The molecule has 1 N–H and O–H groups in total. The number of urea groups is 1. The van der Waals surface area contributed by atoms with E-state index < -0.39 is 6.03 Å². The molecule has 1 saturated heterocycles. The molecule has 0 radical (unpaired) electrons. The number of nitrogens with zero attached hydrogens (tertiary/aromatic N) is 5. The highest BCUT2D eigenvalue weighted by Gasteiger charge is 2.29. The van der Waals surface area contributed by atoms with Gasteiger partial charge in [-0.3, -0.25) is 19.8 Å². The maximum atomic E-state index is 13.3. The SMILES string of the molecule is COC[C@@H](C)Cc1cc(NC(=O)N2CCCc3cc(CN(C)C(=O)[C@@H]4CCOC4)c(C=O)nc32)ncc1C#N. The third-order valence-corrected chi connectivity index (χ3v) is 7.06. The Kier molecular flexibility index (Phi) is 9.22. The Hall–Kier alpha value is -3.88. The third-order valence-electron chi connectivity index (χ3n) is 7.06. The molecule has 0 unspecified atom stereocenters. The van der Waals surface area contributed by atoms with Crippen molar-refractivity contribution in [3.05, 3.63) is 46.3 Å². The van der Waals surface area contributed by atoms with Crippen molar-refractivity contribution in [2.24, 2.45) is 11.8 Å². The number of fused-ring (bicyclic) bond motifs is 1. The first-order chi connectivity index (χ1) is 18.8. The van der Waals surface area contributed by atoms with E-state index >= 15 is 0 Å². The maximum absolute atomic E-state index is 13.3. The van der Waals surface area contributed by atoms with Crippen LogP contribution in [0.3, 0.4) is 0 Å². The number of hydrogen-bond donors (Lipinski definition) is 1. The van der Waals surface area contributed by atoms with Crippen LogP contribution in [0.25, 0.3) is 0 Å². The first-order valence-electron chi connectivity index (χ1n) is 13.1. The normalized spacial score (nSPS) is 17.2. The summed E-state index contributed by atoms with van der Waals surface area (Å²) in [5, 5.41) is 12.3. The first-order valence-corrected chi connectivity index (χ1v) is 13.1. The van der Waals surface area contributed by atoms with Crippen molar-refractivity contribution in [2.75, 3.05) is 50.7 Å². The van der Waals surface area contributed by atoms with E-state index in [0.717, 1.165) is 17.5 Å². The molecule has 0 bridgehead atoms. The lowest BCUT2D eigenvalue weighted by Gasteiger charge is -2.29. The second-order valence-corrected chi connectivity index (χ2v) is 10.2. The lowest BCUT2D eigenvalue weighted by atomic mass is 9.99. The Labute approximate surface area is 228 Å². The molecule has 2 aromatic rings. The number of carbonyl (C=O) groups excluding carboxylic acids is 3. The van der Waals surface area contributed by atoms with Gasteiger partial charge in [-0.2, -0.15) is 5.26 Å². The second kappa shape index (κ2) is 12.8. The van der Waals surface area contributed by atoms with Crippen molar-refractivity contribution in [3.63, 3.8) is 0 Å². The van der Waals surface area contributed by atoms with Crippen molar-refractivity contribution < 1.29 is 23.9 Å². The number of hydrogen-bond acceptors (Lipinski definition) is 8. The van der Waals surface area contributed by atoms with Gasteiger partial charge in [0.05, 0.1) is 18.1 Å². The minimum Gasteiger partial charge on any atom is -0.384 e. The monoisotopic (exact) mass is 534 g/mol. The second-order valence-electron chi connectivity index (χ2n) is 10.2. The number of aryl methyl sites for hydroxylation is 1. The zero-order valence-corrected chi connectivity index (χ0v) is 22.6. The summed E-state index contributed by atoms with van der Waals surface area (Å²) >= 11 is 0. The lowest BCUT2D eigenvalue weighted by Crippen LogP contribution is -2.40. The fraction of sp³-hybridized carbons (Fsp3) is 0.500. The smallest absolute Gasteiger partial charge is 0.328 e. The minimum absolute atomic E-state index is 0.0195. The molecule has 0 spiro atoms. The van der Waals surface area contributed by atoms with Crippen LogP contribution >= 0.6 is 0 Å². The molecule has 0 saturated carbocycles. The summed E-state index contributed by atoms with van der Waals surface area (Å²) in [4.78, 5) is 49.9. The maximum Gasteiger partial charge on any atom is 0.328 e. The Morgan fingerprint density at radius 1 is 1.38 bits per heavy atom. The molecule has 2 aliphatic rings. The molecule has 11 nitrogen and oxygen atoms in total. The van der Waals surface area contributed by atoms with Crippen LogP contribution in [-0.4, -0.2) is 73.6 Å². The first kappa shape index (κ1) is 28.1. The Morgan fingerprint density at radius 2 is 2.21 bits per heavy atom. The molecule has 2 aromatic heterocycles. The summed E-state index contributed by atoms with van der Waals surface area (Å²) in [6, 6.07) is 5.31. The molecular weight excluding hydrogens is 500 g/mol. The van der Waals surface area contributed by atoms with Gasteiger partial charge >= 0.3 is 6.03 Å². The summed E-state index contributed by atoms with van der Waals surface area (Å²) < 4.78 is 10.5. The van der Waals surface area contributed by atoms with Gasteiger partial charge in [0.25, 0.3) is 0 Å². The highest BCUT2D eigenvalue weighted by atomic mass is 16.5. The van der Waals surface area contributed by atoms with Crippen molar-refractivity contribution in [1.82, 2.24) is 14.9 Å². The van der Waals surface area contributed by atoms with Gasteiger partial charge in [0.2, 0.25) is 5.91 Å². The van der Waals surface area contributed by atoms with E-state index in [1.165, 1.54) is 11.1 Å². The molecule has 2 aliphatic heterocycles. The number of aromatic nitrogens is 2. The van der Waals surface area contributed by atoms with Crippen LogP contribution in [0.1, 0.15) is 52.5 Å². The van der Waals surface area contributed by atoms with E-state index in [1.807, 2.05) is 13.0 Å². The molecule has 11 heteroatoms. The van der Waals surface area contributed by atoms with Crippen LogP contribution in [0.5, 0.6) is 0 Å². The summed E-state index contributed by atoms with van der Waals surface area (Å²) in [6.07, 6.45) is 4.83. The van der Waals surface area contributed by atoms with Gasteiger partial charge in [0.1, 0.15) is 23.4 Å². The fourth-order valence-electron chi connectivity index (χ4n) is 5.09. The van der Waals surface area contributed by atoms with Gasteiger partial charge < -0.3 is 14.4 Å². The van der Waals surface area contributed by atoms with Crippen molar-refractivity contribution >= 4 is 29.9 Å². The fourth-order valence-corrected chi connectivity index (χ4v) is 5.09. The molecule has 3 amide bonds. The lowest BCUT2D eigenvalue weighted by molar-refractivity contribution is -0.134. The van der Waals surface area contributed by atoms with Gasteiger partial charge in [-0.05, 0) is 54.9 Å². The number of nitriles is 1. The summed E-state index contributed by atoms with van der Waals surface area (Å²) in [5.41, 5.74) is 2.91. The summed E-state index contributed by atoms with van der Waals surface area (Å²) in [5.74, 6) is 0.746. The van der Waals surface area contributed by atoms with Crippen LogP contribution in [0.2, 0.25) is 0 Å². The van der Waals surface area contributed by atoms with Gasteiger partial charge in [0.15, 0.2) is 6.29 Å². The molecule has 2 atom stereocenters. The van der Waals surface area contributed by atoms with Gasteiger partial charge in [-0.25, -0.2) is 14.8 Å². The number of ether oxygens (including phenoxy) is 2. The van der Waals surface area contributed by atoms with E-state index in [-0.39, 0.29) is 30.0 Å². The molecule has 39 heavy (non-hydrogen) atoms. The number of carbonyl (C=O) groups is 3. The number of nitrogens with one attached hydrogen (secondary N) is 1. The number of methoxy groups -OCH3 is 1. The Balaban J connectivity index is 1.52. The van der Waals surface area contributed by atoms with E-state index in [9.17, 15) is 19.6 Å². The van der Waals surface area contributed by atoms with Crippen molar-refractivity contribution in [1.29, 1.82) is 5.26 Å². The van der Waals surface area contributed by atoms with Crippen molar-refractivity contribution in [2.45, 2.75) is 39.2 Å². The number of pyridine rings is 2. The largest absolute Gasteiger partial charge is 0.384 e. The quantitative estimate of drug-likeness (QED) is 0.485. The molecule has 0 aliphatic carbocycles. The van der Waals surface area contributed by atoms with Crippen LogP contribution in [0.15, 0.2) is 18.3 Å². The molecule has 4 heterocycles. The van der Waals surface area contributed by atoms with Gasteiger partial charge in [-0.15, -0.1) is 0 Å². The predicted octanol–water partition coefficient (Wildman–Crippen LogP) is 2.97. The van der Waals surface area contributed by atoms with E-state index in [2.05, 4.69) is 21.4 Å². The Bertz CT molecular complexity index is 1270. The van der Waals surface area contributed by atoms with Crippen LogP contribution in [-0.2, 0) is 33.7 Å². The highest BCUT2D eigenvalue weighted by molar-refractivity contribution is 6.01. The summed E-state index contributed by atoms with van der Waals surface area (Å²) in [6.45, 7) is 4.24. The number of aldehydes is 1. The topological polar surface area (TPSA) is 138 Å². The highest BCUT2D eigenvalue weighted by Crippen LogP contribution is 2.29.